The molecular formula is C20H21Cl2N3O2. The zero-order chi connectivity index (χ0) is 19.6. The molecule has 5 nitrogen and oxygen atoms in total. The zero-order valence-corrected chi connectivity index (χ0v) is 16.9. The van der Waals surface area contributed by atoms with E-state index in [-0.39, 0.29) is 5.91 Å². The molecule has 3 N–H and O–H groups in total. The summed E-state index contributed by atoms with van der Waals surface area (Å²) in [4.78, 5) is 14.7. The number of halogens is 2. The van der Waals surface area contributed by atoms with Gasteiger partial charge in [0.1, 0.15) is 23.2 Å². The first-order chi connectivity index (χ1) is 12.6. The minimum atomic E-state index is -0.927. The fourth-order valence-electron chi connectivity index (χ4n) is 4.08. The first-order valence-electron chi connectivity index (χ1n) is 8.72. The van der Waals surface area contributed by atoms with Gasteiger partial charge in [-0.3, -0.25) is 15.8 Å². The first kappa shape index (κ1) is 18.6. The number of fused-ring (bicyclic) bond motifs is 2. The molecule has 1 amide bonds. The monoisotopic (exact) mass is 405 g/mol. The summed E-state index contributed by atoms with van der Waals surface area (Å²) in [6, 6.07) is 11.2. The third-order valence-electron chi connectivity index (χ3n) is 5.21. The van der Waals surface area contributed by atoms with Crippen LogP contribution in [0.15, 0.2) is 36.4 Å². The lowest BCUT2D eigenvalue weighted by Gasteiger charge is -2.43. The van der Waals surface area contributed by atoms with E-state index in [2.05, 4.69) is 5.32 Å². The number of carbonyl (C=O) groups excluding carboxylic acids is 1. The number of nitrogens with zero attached hydrogens (tertiary/aromatic N) is 1. The molecule has 2 aliphatic rings. The molecule has 27 heavy (non-hydrogen) atoms. The van der Waals surface area contributed by atoms with Gasteiger partial charge in [0.25, 0.3) is 0 Å². The predicted octanol–water partition coefficient (Wildman–Crippen LogP) is 3.72. The highest BCUT2D eigenvalue weighted by Crippen LogP contribution is 2.48. The molecule has 0 radical (unpaired) electrons. The van der Waals surface area contributed by atoms with Crippen LogP contribution in [0.25, 0.3) is 11.1 Å². The highest BCUT2D eigenvalue weighted by atomic mass is 35.5. The Balaban J connectivity index is 1.90. The average molecular weight is 406 g/mol. The topological polar surface area (TPSA) is 67.6 Å². The number of nitrogens with two attached hydrogens (primary N) is 1. The molecule has 0 aliphatic carbocycles. The molecule has 142 valence electrons. The molecule has 0 bridgehead atoms. The number of nitrogens with one attached hydrogen (secondary N) is 1. The first-order valence-corrected chi connectivity index (χ1v) is 9.47. The SMILES string of the molecule is CN1C(=O)C2(CC(C)(C)Oc3ccc(-c4cc(Cl)cc(Cl)c4)cc32)NC1N. The van der Waals surface area contributed by atoms with Crippen molar-refractivity contribution < 1.29 is 9.53 Å². The van der Waals surface area contributed by atoms with Gasteiger partial charge in [-0.2, -0.15) is 0 Å². The molecular weight excluding hydrogens is 385 g/mol. The van der Waals surface area contributed by atoms with Crippen LogP contribution in [0.1, 0.15) is 25.8 Å². The van der Waals surface area contributed by atoms with Crippen LogP contribution in [0.4, 0.5) is 0 Å². The fraction of sp³-hybridized carbons (Fsp3) is 0.350. The smallest absolute Gasteiger partial charge is 0.249 e. The third-order valence-corrected chi connectivity index (χ3v) is 5.65. The van der Waals surface area contributed by atoms with Crippen molar-refractivity contribution >= 4 is 29.1 Å². The summed E-state index contributed by atoms with van der Waals surface area (Å²) < 4.78 is 6.16. The minimum Gasteiger partial charge on any atom is -0.487 e. The van der Waals surface area contributed by atoms with Gasteiger partial charge >= 0.3 is 0 Å². The summed E-state index contributed by atoms with van der Waals surface area (Å²) in [5.41, 5.74) is 7.24. The van der Waals surface area contributed by atoms with E-state index >= 15 is 0 Å². The lowest BCUT2D eigenvalue weighted by Crippen LogP contribution is -2.54. The minimum absolute atomic E-state index is 0.0612. The molecule has 1 spiro atoms. The summed E-state index contributed by atoms with van der Waals surface area (Å²) in [6.45, 7) is 3.95. The van der Waals surface area contributed by atoms with Gasteiger partial charge in [-0.05, 0) is 55.3 Å². The van der Waals surface area contributed by atoms with Crippen LogP contribution in [-0.2, 0) is 10.3 Å². The van der Waals surface area contributed by atoms with Crippen molar-refractivity contribution in [1.82, 2.24) is 10.2 Å². The van der Waals surface area contributed by atoms with Crippen molar-refractivity contribution in [3.05, 3.63) is 52.0 Å². The standard InChI is InChI=1S/C20H21Cl2N3O2/c1-19(2)10-20(17(26)25(3)18(23)24-20)15-8-11(4-5-16(15)27-19)12-6-13(21)9-14(22)7-12/h4-9,18,24H,10,23H2,1-3H3. The van der Waals surface area contributed by atoms with Gasteiger partial charge in [-0.15, -0.1) is 0 Å². The van der Waals surface area contributed by atoms with Crippen molar-refractivity contribution in [1.29, 1.82) is 0 Å². The number of rotatable bonds is 1. The van der Waals surface area contributed by atoms with Gasteiger partial charge in [0, 0.05) is 29.1 Å². The van der Waals surface area contributed by atoms with E-state index in [1.807, 2.05) is 44.2 Å². The Hall–Kier alpha value is -1.79. The van der Waals surface area contributed by atoms with Crippen molar-refractivity contribution in [2.75, 3.05) is 7.05 Å². The van der Waals surface area contributed by atoms with Crippen LogP contribution >= 0.6 is 23.2 Å². The van der Waals surface area contributed by atoms with E-state index in [0.29, 0.717) is 22.2 Å². The predicted molar refractivity (Wildman–Crippen MR) is 107 cm³/mol. The van der Waals surface area contributed by atoms with Gasteiger partial charge in [0.2, 0.25) is 5.91 Å². The van der Waals surface area contributed by atoms with Crippen LogP contribution in [0.3, 0.4) is 0 Å². The maximum atomic E-state index is 13.2. The van der Waals surface area contributed by atoms with Crippen LogP contribution in [0.5, 0.6) is 5.75 Å². The van der Waals surface area contributed by atoms with E-state index in [0.717, 1.165) is 16.7 Å². The van der Waals surface area contributed by atoms with Crippen molar-refractivity contribution in [2.24, 2.45) is 5.73 Å². The highest BCUT2D eigenvalue weighted by molar-refractivity contribution is 6.35. The summed E-state index contributed by atoms with van der Waals surface area (Å²) in [6.07, 6.45) is -0.0765. The molecule has 2 unspecified atom stereocenters. The summed E-state index contributed by atoms with van der Waals surface area (Å²) in [5, 5.41) is 4.41. The van der Waals surface area contributed by atoms with Crippen molar-refractivity contribution in [2.45, 2.75) is 37.7 Å². The van der Waals surface area contributed by atoms with Crippen molar-refractivity contribution in [3.63, 3.8) is 0 Å². The quantitative estimate of drug-likeness (QED) is 0.758. The number of likely N-dealkylation sites (N-methyl/N-ethyl adjacent to an activating group) is 1. The maximum absolute atomic E-state index is 13.2. The molecule has 2 aliphatic heterocycles. The Labute approximate surface area is 168 Å². The Morgan fingerprint density at radius 1 is 1.15 bits per heavy atom. The number of benzene rings is 2. The van der Waals surface area contributed by atoms with Crippen LogP contribution < -0.4 is 15.8 Å². The Morgan fingerprint density at radius 2 is 1.81 bits per heavy atom. The fourth-order valence-corrected chi connectivity index (χ4v) is 4.60. The largest absolute Gasteiger partial charge is 0.487 e. The van der Waals surface area contributed by atoms with E-state index < -0.39 is 17.4 Å². The third kappa shape index (κ3) is 2.99. The highest BCUT2D eigenvalue weighted by Gasteiger charge is 2.56. The van der Waals surface area contributed by atoms with Crippen LogP contribution in [-0.4, -0.2) is 29.7 Å². The molecule has 1 saturated heterocycles. The van der Waals surface area contributed by atoms with Crippen LogP contribution in [0, 0.1) is 0 Å². The second-order valence-electron chi connectivity index (χ2n) is 7.82. The normalized spacial score (nSPS) is 26.2. The molecule has 2 heterocycles. The van der Waals surface area contributed by atoms with Crippen LogP contribution in [0.2, 0.25) is 10.0 Å². The maximum Gasteiger partial charge on any atom is 0.249 e. The van der Waals surface area contributed by atoms with Gasteiger partial charge < -0.3 is 9.64 Å². The van der Waals surface area contributed by atoms with Gasteiger partial charge in [0.15, 0.2) is 0 Å². The number of hydrogen-bond acceptors (Lipinski definition) is 4. The lowest BCUT2D eigenvalue weighted by molar-refractivity contribution is -0.135. The van der Waals surface area contributed by atoms with Gasteiger partial charge in [0.05, 0.1) is 0 Å². The summed E-state index contributed by atoms with van der Waals surface area (Å²) in [5.74, 6) is 0.611. The number of ether oxygens (including phenoxy) is 1. The molecule has 2 aromatic carbocycles. The number of carbonyl (C=O) groups is 1. The second-order valence-corrected chi connectivity index (χ2v) is 8.69. The lowest BCUT2D eigenvalue weighted by atomic mass is 9.76. The molecule has 7 heteroatoms. The Kier molecular flexibility index (Phi) is 4.20. The van der Waals surface area contributed by atoms with E-state index in [1.165, 1.54) is 4.90 Å². The van der Waals surface area contributed by atoms with E-state index in [1.54, 1.807) is 13.1 Å². The van der Waals surface area contributed by atoms with Crippen molar-refractivity contribution in [3.8, 4) is 16.9 Å². The molecule has 2 aromatic rings. The summed E-state index contributed by atoms with van der Waals surface area (Å²) in [7, 11) is 1.71. The Bertz CT molecular complexity index is 927. The molecule has 1 fully saturated rings. The summed E-state index contributed by atoms with van der Waals surface area (Å²) >= 11 is 12.3. The van der Waals surface area contributed by atoms with E-state index in [4.69, 9.17) is 33.7 Å². The van der Waals surface area contributed by atoms with Gasteiger partial charge in [-0.1, -0.05) is 29.3 Å². The average Bonchev–Trinajstić information content (AvgIpc) is 2.77. The number of hydrogen-bond donors (Lipinski definition) is 2. The Morgan fingerprint density at radius 3 is 2.41 bits per heavy atom. The zero-order valence-electron chi connectivity index (χ0n) is 15.3. The van der Waals surface area contributed by atoms with E-state index in [9.17, 15) is 4.79 Å². The number of amides is 1. The molecule has 0 saturated carbocycles. The molecule has 0 aromatic heterocycles. The van der Waals surface area contributed by atoms with Gasteiger partial charge in [-0.25, -0.2) is 0 Å². The second kappa shape index (κ2) is 6.11. The molecule has 4 rings (SSSR count). The molecule has 2 atom stereocenters.